The summed E-state index contributed by atoms with van der Waals surface area (Å²) in [5, 5.41) is 0. The van der Waals surface area contributed by atoms with Crippen molar-refractivity contribution in [3.8, 4) is 0 Å². The summed E-state index contributed by atoms with van der Waals surface area (Å²) < 4.78 is 0. The minimum atomic E-state index is 0.919. The first-order chi connectivity index (χ1) is 8.31. The zero-order valence-corrected chi connectivity index (χ0v) is 11.2. The molecule has 0 aromatic rings. The quantitative estimate of drug-likeness (QED) is 0.590. The zero-order chi connectivity index (χ0) is 11.8. The van der Waals surface area contributed by atoms with Gasteiger partial charge in [-0.25, -0.2) is 0 Å². The maximum absolute atomic E-state index is 2.47. The van der Waals surface area contributed by atoms with Gasteiger partial charge in [-0.15, -0.1) is 0 Å². The van der Waals surface area contributed by atoms with E-state index in [1.165, 1.54) is 38.5 Å². The second-order valence-electron chi connectivity index (χ2n) is 6.06. The Morgan fingerprint density at radius 3 is 2.94 bits per heavy atom. The van der Waals surface area contributed by atoms with Crippen LogP contribution < -0.4 is 0 Å². The van der Waals surface area contributed by atoms with Crippen LogP contribution in [0.1, 0.15) is 52.4 Å². The van der Waals surface area contributed by atoms with Gasteiger partial charge in [0.25, 0.3) is 0 Å². The van der Waals surface area contributed by atoms with Crippen molar-refractivity contribution >= 4 is 0 Å². The van der Waals surface area contributed by atoms with Gasteiger partial charge in [-0.2, -0.15) is 0 Å². The molecule has 0 saturated heterocycles. The van der Waals surface area contributed by atoms with Crippen LogP contribution in [0.15, 0.2) is 34.9 Å². The van der Waals surface area contributed by atoms with Crippen molar-refractivity contribution in [2.24, 2.45) is 17.8 Å². The number of fused-ring (bicyclic) bond motifs is 2. The van der Waals surface area contributed by atoms with Crippen LogP contribution in [0.25, 0.3) is 0 Å². The van der Waals surface area contributed by atoms with Crippen LogP contribution in [0, 0.1) is 17.8 Å². The lowest BCUT2D eigenvalue weighted by Crippen LogP contribution is -2.31. The summed E-state index contributed by atoms with van der Waals surface area (Å²) in [6, 6.07) is 0. The molecule has 3 aliphatic carbocycles. The highest BCUT2D eigenvalue weighted by Gasteiger charge is 2.36. The molecule has 3 atom stereocenters. The van der Waals surface area contributed by atoms with E-state index in [9.17, 15) is 0 Å². The van der Waals surface area contributed by atoms with E-state index in [2.05, 4.69) is 32.1 Å². The Morgan fingerprint density at radius 1 is 1.24 bits per heavy atom. The van der Waals surface area contributed by atoms with Crippen LogP contribution in [0.5, 0.6) is 0 Å². The van der Waals surface area contributed by atoms with Crippen LogP contribution in [0.2, 0.25) is 0 Å². The second kappa shape index (κ2) is 4.48. The molecule has 3 rings (SSSR count). The van der Waals surface area contributed by atoms with Crippen molar-refractivity contribution in [3.05, 3.63) is 34.9 Å². The third kappa shape index (κ3) is 1.82. The van der Waals surface area contributed by atoms with E-state index < -0.39 is 0 Å². The van der Waals surface area contributed by atoms with E-state index in [1.807, 2.05) is 5.57 Å². The Morgan fingerprint density at radius 2 is 2.12 bits per heavy atom. The molecule has 0 heterocycles. The molecule has 0 radical (unpaired) electrons. The van der Waals surface area contributed by atoms with E-state index in [0.29, 0.717) is 0 Å². The maximum Gasteiger partial charge on any atom is -0.00919 e. The van der Waals surface area contributed by atoms with E-state index in [-0.39, 0.29) is 0 Å². The molecular formula is C17H24. The lowest BCUT2D eigenvalue weighted by molar-refractivity contribution is 0.195. The van der Waals surface area contributed by atoms with Crippen LogP contribution in [-0.4, -0.2) is 0 Å². The number of allylic oxidation sites excluding steroid dienone is 6. The molecule has 0 aliphatic heterocycles. The normalized spacial score (nSPS) is 36.4. The highest BCUT2D eigenvalue weighted by molar-refractivity contribution is 5.45. The standard InChI is InChI=1S/C17H24/c1-3-14-12(2)8-10-17-15-7-5-4-6-13(15)9-11-16(14)17/h4-6,12,14,16H,3,7-11H2,1-2H3/t12?,14?,16-/m0/s1. The third-order valence-electron chi connectivity index (χ3n) is 5.29. The van der Waals surface area contributed by atoms with Gasteiger partial charge in [-0.05, 0) is 61.0 Å². The van der Waals surface area contributed by atoms with Gasteiger partial charge >= 0.3 is 0 Å². The molecule has 0 aromatic carbocycles. The summed E-state index contributed by atoms with van der Waals surface area (Å²) in [5.74, 6) is 2.82. The molecule has 1 fully saturated rings. The van der Waals surface area contributed by atoms with Gasteiger partial charge in [0, 0.05) is 0 Å². The smallest absolute Gasteiger partial charge is 0.00919 e. The van der Waals surface area contributed by atoms with Gasteiger partial charge in [-0.1, -0.05) is 44.1 Å². The maximum atomic E-state index is 2.47. The molecular weight excluding hydrogens is 204 g/mol. The summed E-state index contributed by atoms with van der Waals surface area (Å²) in [6.07, 6.45) is 15.1. The Bertz CT molecular complexity index is 394. The predicted octanol–water partition coefficient (Wildman–Crippen LogP) is 5.04. The van der Waals surface area contributed by atoms with Gasteiger partial charge in [0.1, 0.15) is 0 Å². The molecule has 0 spiro atoms. The first-order valence-electron chi connectivity index (χ1n) is 7.39. The Hall–Kier alpha value is -0.780. The molecule has 17 heavy (non-hydrogen) atoms. The van der Waals surface area contributed by atoms with Crippen LogP contribution in [-0.2, 0) is 0 Å². The summed E-state index contributed by atoms with van der Waals surface area (Å²) in [7, 11) is 0. The van der Waals surface area contributed by atoms with Crippen molar-refractivity contribution < 1.29 is 0 Å². The van der Waals surface area contributed by atoms with Crippen molar-refractivity contribution in [2.75, 3.05) is 0 Å². The molecule has 0 heteroatoms. The molecule has 0 nitrogen and oxygen atoms in total. The Labute approximate surface area is 105 Å². The predicted molar refractivity (Wildman–Crippen MR) is 73.8 cm³/mol. The van der Waals surface area contributed by atoms with E-state index in [4.69, 9.17) is 0 Å². The fraction of sp³-hybridized carbons (Fsp3) is 0.647. The van der Waals surface area contributed by atoms with Gasteiger partial charge < -0.3 is 0 Å². The summed E-state index contributed by atoms with van der Waals surface area (Å²) >= 11 is 0. The molecule has 0 bridgehead atoms. The second-order valence-corrected chi connectivity index (χ2v) is 6.06. The highest BCUT2D eigenvalue weighted by atomic mass is 14.4. The average molecular weight is 228 g/mol. The Kier molecular flexibility index (Phi) is 2.98. The molecule has 0 amide bonds. The summed E-state index contributed by atoms with van der Waals surface area (Å²) in [5.41, 5.74) is 5.23. The molecule has 3 aliphatic rings. The van der Waals surface area contributed by atoms with Crippen LogP contribution >= 0.6 is 0 Å². The first kappa shape index (κ1) is 11.3. The van der Waals surface area contributed by atoms with Crippen LogP contribution in [0.3, 0.4) is 0 Å². The van der Waals surface area contributed by atoms with Gasteiger partial charge in [0.2, 0.25) is 0 Å². The largest absolute Gasteiger partial charge is 0.0801 e. The average Bonchev–Trinajstić information content (AvgIpc) is 2.38. The van der Waals surface area contributed by atoms with Gasteiger partial charge in [-0.3, -0.25) is 0 Å². The molecule has 0 aromatic heterocycles. The first-order valence-corrected chi connectivity index (χ1v) is 7.39. The van der Waals surface area contributed by atoms with E-state index in [1.54, 1.807) is 11.1 Å². The molecule has 0 N–H and O–H groups in total. The fourth-order valence-corrected chi connectivity index (χ4v) is 4.37. The van der Waals surface area contributed by atoms with E-state index in [0.717, 1.165) is 17.8 Å². The number of hydrogen-bond donors (Lipinski definition) is 0. The van der Waals surface area contributed by atoms with Crippen molar-refractivity contribution in [1.29, 1.82) is 0 Å². The third-order valence-corrected chi connectivity index (χ3v) is 5.29. The zero-order valence-electron chi connectivity index (χ0n) is 11.2. The fourth-order valence-electron chi connectivity index (χ4n) is 4.37. The summed E-state index contributed by atoms with van der Waals surface area (Å²) in [4.78, 5) is 0. The van der Waals surface area contributed by atoms with E-state index >= 15 is 0 Å². The minimum Gasteiger partial charge on any atom is -0.0801 e. The monoisotopic (exact) mass is 228 g/mol. The molecule has 92 valence electrons. The lowest BCUT2D eigenvalue weighted by Gasteiger charge is -2.43. The van der Waals surface area contributed by atoms with Crippen molar-refractivity contribution in [3.63, 3.8) is 0 Å². The number of hydrogen-bond acceptors (Lipinski definition) is 0. The minimum absolute atomic E-state index is 0.919. The summed E-state index contributed by atoms with van der Waals surface area (Å²) in [6.45, 7) is 4.86. The molecule has 2 unspecified atom stereocenters. The Balaban J connectivity index is 1.98. The van der Waals surface area contributed by atoms with Crippen LogP contribution in [0.4, 0.5) is 0 Å². The molecule has 1 saturated carbocycles. The number of rotatable bonds is 1. The lowest BCUT2D eigenvalue weighted by atomic mass is 9.62. The topological polar surface area (TPSA) is 0 Å². The van der Waals surface area contributed by atoms with Crippen molar-refractivity contribution in [1.82, 2.24) is 0 Å². The van der Waals surface area contributed by atoms with Crippen molar-refractivity contribution in [2.45, 2.75) is 52.4 Å². The van der Waals surface area contributed by atoms with Gasteiger partial charge in [0.15, 0.2) is 0 Å². The van der Waals surface area contributed by atoms with Gasteiger partial charge in [0.05, 0.1) is 0 Å². The SMILES string of the molecule is CCC1C(C)CCC2=C3CC=CC=C3CC[C@H]21. The highest BCUT2D eigenvalue weighted by Crippen LogP contribution is 2.49.